The number of fused-ring (bicyclic) bond motifs is 1. The van der Waals surface area contributed by atoms with E-state index in [4.69, 9.17) is 0 Å². The molecule has 170 valence electrons. The SMILES string of the molecule is Cc1ccc(CCNC(=O)C2CCN(S(=O)(=O)c3ccc4c(c3)NC(=O)CS4)CC2)cc1. The van der Waals surface area contributed by atoms with Crippen LogP contribution in [-0.2, 0) is 26.0 Å². The van der Waals surface area contributed by atoms with E-state index in [1.165, 1.54) is 33.3 Å². The van der Waals surface area contributed by atoms with Gasteiger partial charge < -0.3 is 10.6 Å². The largest absolute Gasteiger partial charge is 0.356 e. The zero-order valence-electron chi connectivity index (χ0n) is 18.0. The van der Waals surface area contributed by atoms with E-state index in [1.54, 1.807) is 12.1 Å². The lowest BCUT2D eigenvalue weighted by atomic mass is 9.97. The molecule has 2 aliphatic rings. The van der Waals surface area contributed by atoms with Crippen molar-refractivity contribution in [3.63, 3.8) is 0 Å². The average Bonchev–Trinajstić information content (AvgIpc) is 2.80. The van der Waals surface area contributed by atoms with Crippen molar-refractivity contribution in [1.82, 2.24) is 9.62 Å². The van der Waals surface area contributed by atoms with Crippen molar-refractivity contribution >= 4 is 39.3 Å². The standard InChI is InChI=1S/C23H27N3O4S2/c1-16-2-4-17(5-3-16)8-11-24-23(28)18-9-12-26(13-10-18)32(29,30)19-6-7-21-20(14-19)25-22(27)15-31-21/h2-7,14,18H,8-13,15H2,1H3,(H,24,28)(H,25,27). The van der Waals surface area contributed by atoms with Crippen LogP contribution < -0.4 is 10.6 Å². The number of benzene rings is 2. The molecule has 2 aromatic carbocycles. The quantitative estimate of drug-likeness (QED) is 0.673. The minimum absolute atomic E-state index is 0.0114. The summed E-state index contributed by atoms with van der Waals surface area (Å²) in [5, 5.41) is 5.73. The molecule has 2 aromatic rings. The number of carbonyl (C=O) groups excluding carboxylic acids is 2. The van der Waals surface area contributed by atoms with Crippen LogP contribution in [0.3, 0.4) is 0 Å². The Morgan fingerprint density at radius 1 is 1.16 bits per heavy atom. The van der Waals surface area contributed by atoms with Crippen molar-refractivity contribution in [3.8, 4) is 0 Å². The number of aryl methyl sites for hydroxylation is 1. The summed E-state index contributed by atoms with van der Waals surface area (Å²) >= 11 is 1.40. The molecule has 4 rings (SSSR count). The van der Waals surface area contributed by atoms with Crippen LogP contribution in [0.1, 0.15) is 24.0 Å². The highest BCUT2D eigenvalue weighted by atomic mass is 32.2. The second kappa shape index (κ2) is 9.64. The minimum atomic E-state index is -3.68. The van der Waals surface area contributed by atoms with Crippen LogP contribution in [0.2, 0.25) is 0 Å². The fourth-order valence-corrected chi connectivity index (χ4v) is 6.24. The molecule has 0 radical (unpaired) electrons. The number of piperidine rings is 1. The maximum atomic E-state index is 13.1. The van der Waals surface area contributed by atoms with E-state index >= 15 is 0 Å². The second-order valence-corrected chi connectivity index (χ2v) is 11.2. The third-order valence-corrected chi connectivity index (χ3v) is 8.85. The fourth-order valence-electron chi connectivity index (χ4n) is 3.96. The van der Waals surface area contributed by atoms with Crippen LogP contribution >= 0.6 is 11.8 Å². The molecule has 1 saturated heterocycles. The topological polar surface area (TPSA) is 95.6 Å². The first kappa shape index (κ1) is 22.8. The number of sulfonamides is 1. The van der Waals surface area contributed by atoms with Crippen LogP contribution in [0, 0.1) is 12.8 Å². The zero-order valence-corrected chi connectivity index (χ0v) is 19.6. The van der Waals surface area contributed by atoms with Gasteiger partial charge in [-0.1, -0.05) is 29.8 Å². The van der Waals surface area contributed by atoms with Gasteiger partial charge in [0.25, 0.3) is 0 Å². The molecule has 0 unspecified atom stereocenters. The summed E-state index contributed by atoms with van der Waals surface area (Å²) in [6, 6.07) is 13.1. The second-order valence-electron chi connectivity index (χ2n) is 8.20. The maximum absolute atomic E-state index is 13.1. The van der Waals surface area contributed by atoms with Crippen molar-refractivity contribution in [2.24, 2.45) is 5.92 Å². The third-order valence-electron chi connectivity index (χ3n) is 5.88. The summed E-state index contributed by atoms with van der Waals surface area (Å²) in [4.78, 5) is 25.2. The van der Waals surface area contributed by atoms with E-state index in [0.29, 0.717) is 43.9 Å². The summed E-state index contributed by atoms with van der Waals surface area (Å²) in [5.74, 6) is 0.00675. The molecule has 2 aliphatic heterocycles. The van der Waals surface area contributed by atoms with Gasteiger partial charge in [-0.25, -0.2) is 8.42 Å². The van der Waals surface area contributed by atoms with Gasteiger partial charge in [-0.3, -0.25) is 9.59 Å². The monoisotopic (exact) mass is 473 g/mol. The molecule has 0 saturated carbocycles. The molecule has 2 N–H and O–H groups in total. The molecule has 0 bridgehead atoms. The Hall–Kier alpha value is -2.36. The Morgan fingerprint density at radius 3 is 2.59 bits per heavy atom. The highest BCUT2D eigenvalue weighted by Crippen LogP contribution is 2.34. The van der Waals surface area contributed by atoms with E-state index in [2.05, 4.69) is 34.9 Å². The number of anilines is 1. The van der Waals surface area contributed by atoms with Gasteiger partial charge in [0.15, 0.2) is 0 Å². The smallest absolute Gasteiger partial charge is 0.243 e. The molecule has 7 nitrogen and oxygen atoms in total. The lowest BCUT2D eigenvalue weighted by Crippen LogP contribution is -2.43. The third kappa shape index (κ3) is 5.16. The molecule has 0 spiro atoms. The molecule has 0 aromatic heterocycles. The van der Waals surface area contributed by atoms with E-state index in [-0.39, 0.29) is 22.6 Å². The first-order valence-electron chi connectivity index (χ1n) is 10.7. The summed E-state index contributed by atoms with van der Waals surface area (Å²) in [6.07, 6.45) is 1.76. The van der Waals surface area contributed by atoms with Crippen LogP contribution in [0.4, 0.5) is 5.69 Å². The van der Waals surface area contributed by atoms with Gasteiger partial charge in [-0.15, -0.1) is 11.8 Å². The number of amides is 2. The van der Waals surface area contributed by atoms with Gasteiger partial charge in [0.2, 0.25) is 21.8 Å². The number of nitrogens with zero attached hydrogens (tertiary/aromatic N) is 1. The normalized spacial score (nSPS) is 17.5. The molecule has 2 heterocycles. The molecule has 0 aliphatic carbocycles. The Bertz CT molecular complexity index is 1110. The van der Waals surface area contributed by atoms with Crippen molar-refractivity contribution in [1.29, 1.82) is 0 Å². The molecule has 32 heavy (non-hydrogen) atoms. The van der Waals surface area contributed by atoms with Crippen molar-refractivity contribution in [3.05, 3.63) is 53.6 Å². The first-order chi connectivity index (χ1) is 15.3. The summed E-state index contributed by atoms with van der Waals surface area (Å²) in [6.45, 7) is 3.22. The molecule has 9 heteroatoms. The van der Waals surface area contributed by atoms with Crippen molar-refractivity contribution < 1.29 is 18.0 Å². The molecular weight excluding hydrogens is 446 g/mol. The number of nitrogens with one attached hydrogen (secondary N) is 2. The molecular formula is C23H27N3O4S2. The molecule has 1 fully saturated rings. The van der Waals surface area contributed by atoms with Crippen LogP contribution in [0.15, 0.2) is 52.3 Å². The van der Waals surface area contributed by atoms with Gasteiger partial charge in [0, 0.05) is 30.4 Å². The van der Waals surface area contributed by atoms with E-state index < -0.39 is 10.0 Å². The van der Waals surface area contributed by atoms with Gasteiger partial charge in [-0.05, 0) is 49.9 Å². The minimum Gasteiger partial charge on any atom is -0.356 e. The van der Waals surface area contributed by atoms with E-state index in [0.717, 1.165) is 11.3 Å². The molecule has 2 amide bonds. The Labute approximate surface area is 193 Å². The average molecular weight is 474 g/mol. The van der Waals surface area contributed by atoms with Crippen molar-refractivity contribution in [2.75, 3.05) is 30.7 Å². The number of carbonyl (C=O) groups is 2. The maximum Gasteiger partial charge on any atom is 0.243 e. The van der Waals surface area contributed by atoms with Crippen molar-refractivity contribution in [2.45, 2.75) is 36.0 Å². The van der Waals surface area contributed by atoms with Gasteiger partial charge in [0.05, 0.1) is 16.3 Å². The van der Waals surface area contributed by atoms with Crippen LogP contribution in [0.25, 0.3) is 0 Å². The van der Waals surface area contributed by atoms with E-state index in [9.17, 15) is 18.0 Å². The Balaban J connectivity index is 1.30. The summed E-state index contributed by atoms with van der Waals surface area (Å²) in [5.41, 5.74) is 2.92. The highest BCUT2D eigenvalue weighted by molar-refractivity contribution is 8.00. The number of thioether (sulfide) groups is 1. The summed E-state index contributed by atoms with van der Waals surface area (Å²) < 4.78 is 27.6. The van der Waals surface area contributed by atoms with Crippen LogP contribution in [0.5, 0.6) is 0 Å². The number of hydrogen-bond donors (Lipinski definition) is 2. The van der Waals surface area contributed by atoms with E-state index in [1.807, 2.05) is 6.92 Å². The number of hydrogen-bond acceptors (Lipinski definition) is 5. The van der Waals surface area contributed by atoms with Gasteiger partial charge in [-0.2, -0.15) is 4.31 Å². The van der Waals surface area contributed by atoms with Gasteiger partial charge >= 0.3 is 0 Å². The van der Waals surface area contributed by atoms with Crippen LogP contribution in [-0.4, -0.2) is 49.9 Å². The Morgan fingerprint density at radius 2 is 1.88 bits per heavy atom. The number of rotatable bonds is 6. The fraction of sp³-hybridized carbons (Fsp3) is 0.391. The zero-order chi connectivity index (χ0) is 22.7. The predicted molar refractivity (Wildman–Crippen MR) is 125 cm³/mol. The highest BCUT2D eigenvalue weighted by Gasteiger charge is 2.32. The lowest BCUT2D eigenvalue weighted by Gasteiger charge is -2.31. The Kier molecular flexibility index (Phi) is 6.88. The molecule has 0 atom stereocenters. The van der Waals surface area contributed by atoms with Gasteiger partial charge in [0.1, 0.15) is 0 Å². The lowest BCUT2D eigenvalue weighted by molar-refractivity contribution is -0.126. The first-order valence-corrected chi connectivity index (χ1v) is 13.2. The predicted octanol–water partition coefficient (Wildman–Crippen LogP) is 2.80. The summed E-state index contributed by atoms with van der Waals surface area (Å²) in [7, 11) is -3.68.